The SMILES string of the molecule is Cn1c(-c2ccccc2)ccc1C1CC1CN(O)C(N)=O. The van der Waals surface area contributed by atoms with Crippen LogP contribution < -0.4 is 5.73 Å². The molecule has 3 rings (SSSR count). The minimum atomic E-state index is -0.794. The molecule has 21 heavy (non-hydrogen) atoms. The predicted octanol–water partition coefficient (Wildman–Crippen LogP) is 2.57. The molecular weight excluding hydrogens is 266 g/mol. The molecule has 2 amide bonds. The van der Waals surface area contributed by atoms with Crippen molar-refractivity contribution in [3.8, 4) is 11.3 Å². The second-order valence-electron chi connectivity index (χ2n) is 5.59. The van der Waals surface area contributed by atoms with Crippen LogP contribution in [0.25, 0.3) is 11.3 Å². The van der Waals surface area contributed by atoms with Crippen LogP contribution in [0.4, 0.5) is 4.79 Å². The number of carbonyl (C=O) groups excluding carboxylic acids is 1. The number of carbonyl (C=O) groups is 1. The third-order valence-electron chi connectivity index (χ3n) is 4.19. The van der Waals surface area contributed by atoms with Crippen LogP contribution in [0.3, 0.4) is 0 Å². The number of benzene rings is 1. The molecule has 0 aliphatic heterocycles. The molecule has 1 heterocycles. The van der Waals surface area contributed by atoms with Gasteiger partial charge in [-0.15, -0.1) is 0 Å². The summed E-state index contributed by atoms with van der Waals surface area (Å²) in [4.78, 5) is 10.9. The molecule has 1 saturated carbocycles. The fraction of sp³-hybridized carbons (Fsp3) is 0.312. The molecule has 1 aliphatic carbocycles. The van der Waals surface area contributed by atoms with Crippen molar-refractivity contribution < 1.29 is 10.0 Å². The van der Waals surface area contributed by atoms with Crippen LogP contribution in [0.15, 0.2) is 42.5 Å². The van der Waals surface area contributed by atoms with Crippen molar-refractivity contribution in [1.82, 2.24) is 9.63 Å². The Hall–Kier alpha value is -2.27. The predicted molar refractivity (Wildman–Crippen MR) is 79.8 cm³/mol. The Bertz CT molecular complexity index is 651. The normalized spacial score (nSPS) is 20.3. The van der Waals surface area contributed by atoms with E-state index in [4.69, 9.17) is 5.73 Å². The summed E-state index contributed by atoms with van der Waals surface area (Å²) in [5.74, 6) is 0.654. The van der Waals surface area contributed by atoms with E-state index in [1.54, 1.807) is 0 Å². The molecule has 2 atom stereocenters. The van der Waals surface area contributed by atoms with Crippen molar-refractivity contribution in [2.24, 2.45) is 18.7 Å². The molecule has 1 aromatic carbocycles. The van der Waals surface area contributed by atoms with Gasteiger partial charge in [0.15, 0.2) is 0 Å². The number of rotatable bonds is 4. The number of aromatic nitrogens is 1. The lowest BCUT2D eigenvalue weighted by atomic mass is 10.2. The van der Waals surface area contributed by atoms with E-state index < -0.39 is 6.03 Å². The van der Waals surface area contributed by atoms with Crippen LogP contribution in [0.5, 0.6) is 0 Å². The number of amides is 2. The van der Waals surface area contributed by atoms with Crippen LogP contribution >= 0.6 is 0 Å². The Balaban J connectivity index is 1.74. The lowest BCUT2D eigenvalue weighted by Gasteiger charge is -2.12. The van der Waals surface area contributed by atoms with Crippen LogP contribution in [0, 0.1) is 5.92 Å². The second kappa shape index (κ2) is 5.26. The van der Waals surface area contributed by atoms with Gasteiger partial charge in [-0.25, -0.2) is 9.86 Å². The molecule has 3 N–H and O–H groups in total. The molecule has 5 nitrogen and oxygen atoms in total. The number of nitrogens with two attached hydrogens (primary N) is 1. The van der Waals surface area contributed by atoms with Gasteiger partial charge in [0.05, 0.1) is 6.54 Å². The lowest BCUT2D eigenvalue weighted by Crippen LogP contribution is -2.34. The third kappa shape index (κ3) is 2.64. The summed E-state index contributed by atoms with van der Waals surface area (Å²) in [7, 11) is 2.05. The monoisotopic (exact) mass is 285 g/mol. The van der Waals surface area contributed by atoms with Gasteiger partial charge < -0.3 is 10.3 Å². The maximum Gasteiger partial charge on any atom is 0.338 e. The fourth-order valence-corrected chi connectivity index (χ4v) is 2.92. The second-order valence-corrected chi connectivity index (χ2v) is 5.59. The van der Waals surface area contributed by atoms with E-state index in [0.29, 0.717) is 17.5 Å². The smallest absolute Gasteiger partial charge is 0.338 e. The van der Waals surface area contributed by atoms with Gasteiger partial charge >= 0.3 is 6.03 Å². The zero-order valence-electron chi connectivity index (χ0n) is 11.9. The largest absolute Gasteiger partial charge is 0.350 e. The molecular formula is C16H19N3O2. The average Bonchev–Trinajstić information content (AvgIpc) is 3.12. The first-order valence-electron chi connectivity index (χ1n) is 7.05. The van der Waals surface area contributed by atoms with Crippen molar-refractivity contribution in [1.29, 1.82) is 0 Å². The summed E-state index contributed by atoms with van der Waals surface area (Å²) in [6, 6.07) is 13.7. The van der Waals surface area contributed by atoms with E-state index in [9.17, 15) is 10.0 Å². The highest BCUT2D eigenvalue weighted by atomic mass is 16.5. The van der Waals surface area contributed by atoms with E-state index in [2.05, 4.69) is 35.9 Å². The summed E-state index contributed by atoms with van der Waals surface area (Å²) in [5.41, 5.74) is 8.63. The summed E-state index contributed by atoms with van der Waals surface area (Å²) in [5, 5.41) is 10.0. The van der Waals surface area contributed by atoms with Gasteiger partial charge in [0.1, 0.15) is 0 Å². The number of urea groups is 1. The molecule has 5 heteroatoms. The highest BCUT2D eigenvalue weighted by Crippen LogP contribution is 2.48. The van der Waals surface area contributed by atoms with Crippen molar-refractivity contribution in [2.75, 3.05) is 6.54 Å². The topological polar surface area (TPSA) is 71.5 Å². The summed E-state index contributed by atoms with van der Waals surface area (Å²) < 4.78 is 2.19. The van der Waals surface area contributed by atoms with Gasteiger partial charge in [-0.1, -0.05) is 30.3 Å². The molecule has 1 aliphatic rings. The molecule has 0 bridgehead atoms. The van der Waals surface area contributed by atoms with Gasteiger partial charge in [0, 0.05) is 24.4 Å². The minimum Gasteiger partial charge on any atom is -0.350 e. The van der Waals surface area contributed by atoms with Crippen molar-refractivity contribution >= 4 is 6.03 Å². The Morgan fingerprint density at radius 2 is 2.05 bits per heavy atom. The lowest BCUT2D eigenvalue weighted by molar-refractivity contribution is -0.0432. The number of hydrogen-bond acceptors (Lipinski definition) is 2. The third-order valence-corrected chi connectivity index (χ3v) is 4.19. The highest BCUT2D eigenvalue weighted by molar-refractivity contribution is 5.70. The molecule has 0 saturated heterocycles. The van der Waals surface area contributed by atoms with E-state index in [1.165, 1.54) is 17.0 Å². The first-order chi connectivity index (χ1) is 10.1. The van der Waals surface area contributed by atoms with Gasteiger partial charge in [-0.05, 0) is 30.0 Å². The van der Waals surface area contributed by atoms with Crippen LogP contribution in [-0.4, -0.2) is 27.4 Å². The van der Waals surface area contributed by atoms with E-state index in [-0.39, 0.29) is 5.92 Å². The molecule has 1 fully saturated rings. The minimum absolute atomic E-state index is 0.278. The van der Waals surface area contributed by atoms with Crippen molar-refractivity contribution in [3.05, 3.63) is 48.2 Å². The summed E-state index contributed by atoms with van der Waals surface area (Å²) in [6.45, 7) is 0.297. The first-order valence-corrected chi connectivity index (χ1v) is 7.05. The summed E-state index contributed by atoms with van der Waals surface area (Å²) >= 11 is 0. The molecule has 110 valence electrons. The van der Waals surface area contributed by atoms with Crippen molar-refractivity contribution in [3.63, 3.8) is 0 Å². The van der Waals surface area contributed by atoms with Gasteiger partial charge in [-0.2, -0.15) is 0 Å². The molecule has 2 unspecified atom stereocenters. The standard InChI is InChI=1S/C16H19N3O2/c1-18-14(11-5-3-2-4-6-11)7-8-15(18)13-9-12(13)10-19(21)16(17)20/h2-8,12-13,21H,9-10H2,1H3,(H2,17,20). The van der Waals surface area contributed by atoms with E-state index >= 15 is 0 Å². The Morgan fingerprint density at radius 3 is 2.71 bits per heavy atom. The zero-order valence-corrected chi connectivity index (χ0v) is 11.9. The fourth-order valence-electron chi connectivity index (χ4n) is 2.92. The quantitative estimate of drug-likeness (QED) is 0.669. The average molecular weight is 285 g/mol. The maximum absolute atomic E-state index is 10.9. The van der Waals surface area contributed by atoms with Crippen LogP contribution in [0.1, 0.15) is 18.0 Å². The Kier molecular flexibility index (Phi) is 3.43. The maximum atomic E-state index is 10.9. The molecule has 0 spiro atoms. The molecule has 0 radical (unpaired) electrons. The van der Waals surface area contributed by atoms with Crippen LogP contribution in [0.2, 0.25) is 0 Å². The number of nitrogens with zero attached hydrogens (tertiary/aromatic N) is 2. The number of hydroxylamine groups is 2. The van der Waals surface area contributed by atoms with Crippen LogP contribution in [-0.2, 0) is 7.05 Å². The first kappa shape index (κ1) is 13.7. The summed E-state index contributed by atoms with van der Waals surface area (Å²) in [6.07, 6.45) is 0.969. The number of primary amides is 1. The van der Waals surface area contributed by atoms with E-state index in [0.717, 1.165) is 6.42 Å². The van der Waals surface area contributed by atoms with Gasteiger partial charge in [0.25, 0.3) is 0 Å². The Morgan fingerprint density at radius 1 is 1.33 bits per heavy atom. The molecule has 2 aromatic rings. The van der Waals surface area contributed by atoms with Crippen molar-refractivity contribution in [2.45, 2.75) is 12.3 Å². The van der Waals surface area contributed by atoms with E-state index in [1.807, 2.05) is 18.2 Å². The Labute approximate surface area is 123 Å². The zero-order chi connectivity index (χ0) is 15.0. The number of hydrogen-bond donors (Lipinski definition) is 2. The highest BCUT2D eigenvalue weighted by Gasteiger charge is 2.41. The van der Waals surface area contributed by atoms with Gasteiger partial charge in [-0.3, -0.25) is 5.21 Å². The molecule has 1 aromatic heterocycles. The van der Waals surface area contributed by atoms with Gasteiger partial charge in [0.2, 0.25) is 0 Å².